The highest BCUT2D eigenvalue weighted by Gasteiger charge is 2.61. The average molecular weight is 270 g/mol. The van der Waals surface area contributed by atoms with E-state index >= 15 is 0 Å². The topological polar surface area (TPSA) is 35.5 Å². The van der Waals surface area contributed by atoms with Crippen molar-refractivity contribution in [1.29, 1.82) is 0 Å². The highest BCUT2D eigenvalue weighted by atomic mass is 28.4. The summed E-state index contributed by atoms with van der Waals surface area (Å²) >= 11 is 0. The highest BCUT2D eigenvalue weighted by Crippen LogP contribution is 2.53. The Morgan fingerprint density at radius 2 is 1.94 bits per heavy atom. The number of rotatable bonds is 4. The van der Waals surface area contributed by atoms with Crippen LogP contribution in [0.5, 0.6) is 0 Å². The van der Waals surface area contributed by atoms with Gasteiger partial charge in [0, 0.05) is 0 Å². The fourth-order valence-electron chi connectivity index (χ4n) is 1.93. The Morgan fingerprint density at radius 3 is 2.33 bits per heavy atom. The second-order valence-electron chi connectivity index (χ2n) is 6.60. The summed E-state index contributed by atoms with van der Waals surface area (Å²) in [5.41, 5.74) is -0.412. The third-order valence-electron chi connectivity index (χ3n) is 4.14. The standard InChI is InChI=1S/C14H26O3Si/c1-8-9-14(10-11(14)12(15)16-5)17-18(6,7)13(2,3)4/h8-9,11H,10H2,1-7H3/b9-8+. The normalized spacial score (nSPS) is 28.5. The van der Waals surface area contributed by atoms with E-state index in [4.69, 9.17) is 9.16 Å². The number of hydrogen-bond acceptors (Lipinski definition) is 3. The van der Waals surface area contributed by atoms with Gasteiger partial charge in [-0.1, -0.05) is 32.9 Å². The van der Waals surface area contributed by atoms with Crippen LogP contribution in [0.15, 0.2) is 12.2 Å². The third kappa shape index (κ3) is 2.86. The number of carbonyl (C=O) groups excluding carboxylic acids is 1. The molecule has 0 aromatic rings. The van der Waals surface area contributed by atoms with Crippen LogP contribution in [0.1, 0.15) is 34.1 Å². The van der Waals surface area contributed by atoms with Gasteiger partial charge in [0.05, 0.1) is 18.6 Å². The molecule has 0 N–H and O–H groups in total. The Hall–Kier alpha value is -0.613. The largest absolute Gasteiger partial charge is 0.469 e. The van der Waals surface area contributed by atoms with Gasteiger partial charge in [-0.25, -0.2) is 0 Å². The molecule has 1 aliphatic carbocycles. The van der Waals surface area contributed by atoms with E-state index < -0.39 is 13.9 Å². The maximum atomic E-state index is 11.7. The second-order valence-corrected chi connectivity index (χ2v) is 11.3. The quantitative estimate of drug-likeness (QED) is 0.445. The van der Waals surface area contributed by atoms with Gasteiger partial charge in [0.2, 0.25) is 0 Å². The Balaban J connectivity index is 2.89. The van der Waals surface area contributed by atoms with Gasteiger partial charge in [-0.3, -0.25) is 4.79 Å². The van der Waals surface area contributed by atoms with E-state index in [-0.39, 0.29) is 16.9 Å². The number of esters is 1. The minimum absolute atomic E-state index is 0.132. The fraction of sp³-hybridized carbons (Fsp3) is 0.786. The van der Waals surface area contributed by atoms with E-state index in [1.807, 2.05) is 19.1 Å². The van der Waals surface area contributed by atoms with Crippen LogP contribution in [0.4, 0.5) is 0 Å². The molecule has 1 fully saturated rings. The zero-order valence-corrected chi connectivity index (χ0v) is 13.7. The fourth-order valence-corrected chi connectivity index (χ4v) is 3.48. The molecule has 1 rings (SSSR count). The van der Waals surface area contributed by atoms with Crippen molar-refractivity contribution in [2.24, 2.45) is 5.92 Å². The highest BCUT2D eigenvalue weighted by molar-refractivity contribution is 6.74. The van der Waals surface area contributed by atoms with Crippen LogP contribution < -0.4 is 0 Å². The van der Waals surface area contributed by atoms with E-state index in [9.17, 15) is 4.79 Å². The van der Waals surface area contributed by atoms with Crippen molar-refractivity contribution in [2.75, 3.05) is 7.11 Å². The molecule has 0 spiro atoms. The van der Waals surface area contributed by atoms with Crippen molar-refractivity contribution in [3.05, 3.63) is 12.2 Å². The molecule has 0 amide bonds. The van der Waals surface area contributed by atoms with Crippen LogP contribution in [0.3, 0.4) is 0 Å². The molecular weight excluding hydrogens is 244 g/mol. The summed E-state index contributed by atoms with van der Waals surface area (Å²) in [6.07, 6.45) is 4.74. The number of carbonyl (C=O) groups is 1. The van der Waals surface area contributed by atoms with Crippen LogP contribution in [0.25, 0.3) is 0 Å². The first-order valence-corrected chi connectivity index (χ1v) is 9.42. The molecule has 0 aliphatic heterocycles. The van der Waals surface area contributed by atoms with Crippen molar-refractivity contribution in [2.45, 2.75) is 57.8 Å². The molecule has 0 bridgehead atoms. The molecule has 0 heterocycles. The molecule has 18 heavy (non-hydrogen) atoms. The van der Waals surface area contributed by atoms with Crippen LogP contribution >= 0.6 is 0 Å². The molecule has 1 saturated carbocycles. The van der Waals surface area contributed by atoms with Crippen molar-refractivity contribution in [3.8, 4) is 0 Å². The van der Waals surface area contributed by atoms with Crippen LogP contribution in [0.2, 0.25) is 18.1 Å². The lowest BCUT2D eigenvalue weighted by Crippen LogP contribution is -2.45. The number of hydrogen-bond donors (Lipinski definition) is 0. The smallest absolute Gasteiger partial charge is 0.312 e. The predicted octanol–water partition coefficient (Wildman–Crippen LogP) is 3.52. The van der Waals surface area contributed by atoms with E-state index in [2.05, 4.69) is 33.9 Å². The summed E-state index contributed by atoms with van der Waals surface area (Å²) in [7, 11) is -0.437. The lowest BCUT2D eigenvalue weighted by molar-refractivity contribution is -0.143. The van der Waals surface area contributed by atoms with Crippen molar-refractivity contribution < 1.29 is 14.0 Å². The summed E-state index contributed by atoms with van der Waals surface area (Å²) in [5.74, 6) is -0.292. The first-order chi connectivity index (χ1) is 8.09. The predicted molar refractivity (Wildman–Crippen MR) is 76.0 cm³/mol. The SMILES string of the molecule is C/C=C/C1(O[Si](C)(C)C(C)(C)C)CC1C(=O)OC. The summed E-state index contributed by atoms with van der Waals surface area (Å²) in [4.78, 5) is 11.7. The molecule has 4 heteroatoms. The third-order valence-corrected chi connectivity index (χ3v) is 8.64. The van der Waals surface area contributed by atoms with Gasteiger partial charge >= 0.3 is 5.97 Å². The number of allylic oxidation sites excluding steroid dienone is 1. The minimum atomic E-state index is -1.87. The maximum Gasteiger partial charge on any atom is 0.312 e. The van der Waals surface area contributed by atoms with Gasteiger partial charge in [0.25, 0.3) is 0 Å². The van der Waals surface area contributed by atoms with Gasteiger partial charge in [0.15, 0.2) is 8.32 Å². The van der Waals surface area contributed by atoms with E-state index in [1.165, 1.54) is 7.11 Å². The zero-order valence-electron chi connectivity index (χ0n) is 12.7. The van der Waals surface area contributed by atoms with Gasteiger partial charge in [-0.15, -0.1) is 0 Å². The summed E-state index contributed by atoms with van der Waals surface area (Å²) < 4.78 is 11.3. The number of methoxy groups -OCH3 is 1. The molecule has 0 aromatic carbocycles. The summed E-state index contributed by atoms with van der Waals surface area (Å²) in [6, 6.07) is 0. The van der Waals surface area contributed by atoms with Gasteiger partial charge in [-0.2, -0.15) is 0 Å². The van der Waals surface area contributed by atoms with Crippen molar-refractivity contribution in [3.63, 3.8) is 0 Å². The first-order valence-electron chi connectivity index (χ1n) is 6.51. The van der Waals surface area contributed by atoms with Crippen molar-refractivity contribution in [1.82, 2.24) is 0 Å². The second kappa shape index (κ2) is 4.81. The molecule has 2 atom stereocenters. The lowest BCUT2D eigenvalue weighted by Gasteiger charge is -2.39. The summed E-state index contributed by atoms with van der Waals surface area (Å²) in [6.45, 7) is 13.0. The molecule has 104 valence electrons. The Labute approximate surface area is 112 Å². The van der Waals surface area contributed by atoms with Crippen LogP contribution in [-0.4, -0.2) is 27.0 Å². The molecular formula is C14H26O3Si. The molecule has 3 nitrogen and oxygen atoms in total. The monoisotopic (exact) mass is 270 g/mol. The average Bonchev–Trinajstić information content (AvgIpc) is 2.89. The van der Waals surface area contributed by atoms with E-state index in [0.29, 0.717) is 0 Å². The summed E-state index contributed by atoms with van der Waals surface area (Å²) in [5, 5.41) is 0.144. The van der Waals surface area contributed by atoms with E-state index in [1.54, 1.807) is 0 Å². The molecule has 2 unspecified atom stereocenters. The molecule has 0 radical (unpaired) electrons. The minimum Gasteiger partial charge on any atom is -0.469 e. The maximum absolute atomic E-state index is 11.7. The molecule has 1 aliphatic rings. The molecule has 0 aromatic heterocycles. The Bertz CT molecular complexity index is 355. The first kappa shape index (κ1) is 15.4. The molecule has 0 saturated heterocycles. The van der Waals surface area contributed by atoms with E-state index in [0.717, 1.165) is 6.42 Å². The number of ether oxygens (including phenoxy) is 1. The van der Waals surface area contributed by atoms with Gasteiger partial charge in [0.1, 0.15) is 0 Å². The lowest BCUT2D eigenvalue weighted by atomic mass is 10.2. The van der Waals surface area contributed by atoms with Crippen LogP contribution in [-0.2, 0) is 14.0 Å². The van der Waals surface area contributed by atoms with Crippen LogP contribution in [0, 0.1) is 5.92 Å². The zero-order chi connectivity index (χ0) is 14.2. The van der Waals surface area contributed by atoms with Gasteiger partial charge < -0.3 is 9.16 Å². The Morgan fingerprint density at radius 1 is 1.39 bits per heavy atom. The van der Waals surface area contributed by atoms with Gasteiger partial charge in [-0.05, 0) is 31.5 Å². The Kier molecular flexibility index (Phi) is 4.13. The van der Waals surface area contributed by atoms with Crippen molar-refractivity contribution >= 4 is 14.3 Å².